The molecule has 1 heterocycles. The average Bonchev–Trinajstić information content (AvgIpc) is 2.94. The number of guanidine groups is 1. The predicted molar refractivity (Wildman–Crippen MR) is 118 cm³/mol. The van der Waals surface area contributed by atoms with Crippen molar-refractivity contribution in [3.63, 3.8) is 0 Å². The Kier molecular flexibility index (Phi) is 9.57. The normalized spacial score (nSPS) is 10.8. The van der Waals surface area contributed by atoms with E-state index in [0.29, 0.717) is 18.7 Å². The van der Waals surface area contributed by atoms with E-state index in [1.165, 1.54) is 4.88 Å². The van der Waals surface area contributed by atoms with Gasteiger partial charge >= 0.3 is 0 Å². The third-order valence-corrected chi connectivity index (χ3v) is 4.67. The van der Waals surface area contributed by atoms with E-state index in [-0.39, 0.29) is 29.9 Å². The van der Waals surface area contributed by atoms with E-state index in [9.17, 15) is 4.79 Å². The van der Waals surface area contributed by atoms with Crippen molar-refractivity contribution < 1.29 is 4.79 Å². The lowest BCUT2D eigenvalue weighted by atomic mass is 10.1. The summed E-state index contributed by atoms with van der Waals surface area (Å²) >= 11 is 1.70. The summed E-state index contributed by atoms with van der Waals surface area (Å²) in [6.07, 6.45) is 0. The molecule has 0 fully saturated rings. The third kappa shape index (κ3) is 6.56. The van der Waals surface area contributed by atoms with Gasteiger partial charge in [-0.25, -0.2) is 9.98 Å². The van der Waals surface area contributed by atoms with Crippen LogP contribution in [0.2, 0.25) is 0 Å². The van der Waals surface area contributed by atoms with Gasteiger partial charge in [-0.3, -0.25) is 4.79 Å². The van der Waals surface area contributed by atoms with Crippen LogP contribution in [-0.4, -0.2) is 30.4 Å². The molecule has 0 atom stereocenters. The molecule has 1 aromatic heterocycles. The first-order chi connectivity index (χ1) is 12.0. The van der Waals surface area contributed by atoms with Crippen molar-refractivity contribution in [1.82, 2.24) is 20.9 Å². The molecule has 0 spiro atoms. The highest BCUT2D eigenvalue weighted by Gasteiger charge is 2.06. The molecule has 0 aliphatic heterocycles. The number of aryl methyl sites for hydroxylation is 2. The lowest BCUT2D eigenvalue weighted by molar-refractivity contribution is 0.0963. The molecule has 26 heavy (non-hydrogen) atoms. The van der Waals surface area contributed by atoms with E-state index in [1.54, 1.807) is 24.5 Å². The average molecular weight is 487 g/mol. The van der Waals surface area contributed by atoms with Gasteiger partial charge in [-0.15, -0.1) is 35.3 Å². The van der Waals surface area contributed by atoms with Crippen LogP contribution in [0.25, 0.3) is 0 Å². The van der Waals surface area contributed by atoms with Crippen molar-refractivity contribution in [2.24, 2.45) is 4.99 Å². The number of hydrogen-bond acceptors (Lipinski definition) is 4. The van der Waals surface area contributed by atoms with Gasteiger partial charge in [-0.1, -0.05) is 12.1 Å². The lowest BCUT2D eigenvalue weighted by Gasteiger charge is -2.11. The number of amides is 1. The molecule has 0 radical (unpaired) electrons. The molecule has 0 bridgehead atoms. The van der Waals surface area contributed by atoms with Crippen LogP contribution < -0.4 is 16.0 Å². The van der Waals surface area contributed by atoms with Gasteiger partial charge < -0.3 is 16.0 Å². The minimum atomic E-state index is -0.0908. The first kappa shape index (κ1) is 22.4. The zero-order chi connectivity index (χ0) is 18.2. The van der Waals surface area contributed by atoms with Gasteiger partial charge in [0, 0.05) is 24.0 Å². The predicted octanol–water partition coefficient (Wildman–Crippen LogP) is 2.99. The van der Waals surface area contributed by atoms with Gasteiger partial charge in [0.05, 0.1) is 23.8 Å². The second-order valence-electron chi connectivity index (χ2n) is 5.57. The minimum Gasteiger partial charge on any atom is -0.357 e. The van der Waals surface area contributed by atoms with Crippen LogP contribution in [0.15, 0.2) is 29.3 Å². The Labute approximate surface area is 175 Å². The number of aromatic nitrogens is 1. The Morgan fingerprint density at radius 1 is 1.27 bits per heavy atom. The molecule has 0 saturated carbocycles. The molecule has 0 unspecified atom stereocenters. The maximum Gasteiger partial charge on any atom is 0.251 e. The molecule has 1 aromatic carbocycles. The van der Waals surface area contributed by atoms with Gasteiger partial charge in [-0.05, 0) is 38.5 Å². The number of carbonyl (C=O) groups excluding carboxylic acids is 1. The number of hydrogen-bond donors (Lipinski definition) is 3. The van der Waals surface area contributed by atoms with Crippen molar-refractivity contribution in [1.29, 1.82) is 0 Å². The summed E-state index contributed by atoms with van der Waals surface area (Å²) in [5.74, 6) is 0.658. The molecule has 8 heteroatoms. The number of benzene rings is 1. The molecule has 2 rings (SSSR count). The van der Waals surface area contributed by atoms with E-state index >= 15 is 0 Å². The number of halogens is 1. The highest BCUT2D eigenvalue weighted by Crippen LogP contribution is 2.16. The van der Waals surface area contributed by atoms with Gasteiger partial charge in [0.25, 0.3) is 5.91 Å². The summed E-state index contributed by atoms with van der Waals surface area (Å²) < 4.78 is 0. The lowest BCUT2D eigenvalue weighted by Crippen LogP contribution is -2.36. The number of thiazole rings is 1. The second kappa shape index (κ2) is 11.1. The third-order valence-electron chi connectivity index (χ3n) is 3.60. The van der Waals surface area contributed by atoms with Gasteiger partial charge in [0.15, 0.2) is 5.96 Å². The van der Waals surface area contributed by atoms with Crippen LogP contribution in [0.5, 0.6) is 0 Å². The zero-order valence-corrected chi connectivity index (χ0v) is 18.7. The molecule has 1 amide bonds. The summed E-state index contributed by atoms with van der Waals surface area (Å²) in [6.45, 7) is 8.05. The van der Waals surface area contributed by atoms with Gasteiger partial charge in [0.2, 0.25) is 0 Å². The highest BCUT2D eigenvalue weighted by atomic mass is 127. The Bertz CT molecular complexity index is 760. The molecule has 6 nitrogen and oxygen atoms in total. The summed E-state index contributed by atoms with van der Waals surface area (Å²) in [7, 11) is 1.63. The Morgan fingerprint density at radius 2 is 2.04 bits per heavy atom. The van der Waals surface area contributed by atoms with E-state index < -0.39 is 0 Å². The fourth-order valence-corrected chi connectivity index (χ4v) is 3.25. The minimum absolute atomic E-state index is 0. The smallest absolute Gasteiger partial charge is 0.251 e. The Hall–Kier alpha value is -1.68. The number of carbonyl (C=O) groups is 1. The molecule has 2 aromatic rings. The van der Waals surface area contributed by atoms with Crippen molar-refractivity contribution >= 4 is 47.2 Å². The largest absolute Gasteiger partial charge is 0.357 e. The second-order valence-corrected chi connectivity index (χ2v) is 6.86. The van der Waals surface area contributed by atoms with E-state index in [1.807, 2.05) is 39.0 Å². The quantitative estimate of drug-likeness (QED) is 0.333. The van der Waals surface area contributed by atoms with Crippen molar-refractivity contribution in [3.8, 4) is 0 Å². The molecule has 0 aliphatic rings. The SMILES string of the molecule is CCNC(=NCc1cccc(C(=O)NC)c1)NCc1sc(C)nc1C.I. The van der Waals surface area contributed by atoms with Crippen LogP contribution in [-0.2, 0) is 13.1 Å². The maximum absolute atomic E-state index is 11.7. The molecule has 0 aliphatic carbocycles. The van der Waals surface area contributed by atoms with Crippen molar-refractivity contribution in [2.75, 3.05) is 13.6 Å². The molecular weight excluding hydrogens is 461 g/mol. The molecule has 0 saturated heterocycles. The molecule has 142 valence electrons. The topological polar surface area (TPSA) is 78.4 Å². The number of aliphatic imine (C=N–C) groups is 1. The van der Waals surface area contributed by atoms with Crippen LogP contribution in [0, 0.1) is 13.8 Å². The highest BCUT2D eigenvalue weighted by molar-refractivity contribution is 14.0. The standard InChI is InChI=1S/C18H25N5OS.HI/c1-5-20-18(22-11-16-12(2)23-13(3)25-16)21-10-14-7-6-8-15(9-14)17(24)19-4;/h6-9H,5,10-11H2,1-4H3,(H,19,24)(H2,20,21,22);1H. The Balaban J connectivity index is 0.00000338. The van der Waals surface area contributed by atoms with E-state index in [0.717, 1.165) is 28.8 Å². The number of nitrogens with zero attached hydrogens (tertiary/aromatic N) is 2. The first-order valence-electron chi connectivity index (χ1n) is 8.29. The number of rotatable bonds is 6. The monoisotopic (exact) mass is 487 g/mol. The number of nitrogens with one attached hydrogen (secondary N) is 3. The van der Waals surface area contributed by atoms with Crippen LogP contribution >= 0.6 is 35.3 Å². The Morgan fingerprint density at radius 3 is 2.65 bits per heavy atom. The summed E-state index contributed by atoms with van der Waals surface area (Å²) in [6, 6.07) is 7.50. The summed E-state index contributed by atoms with van der Waals surface area (Å²) in [5.41, 5.74) is 2.69. The molecule has 3 N–H and O–H groups in total. The van der Waals surface area contributed by atoms with Gasteiger partial charge in [-0.2, -0.15) is 0 Å². The fraction of sp³-hybridized carbons (Fsp3) is 0.389. The zero-order valence-electron chi connectivity index (χ0n) is 15.5. The fourth-order valence-electron chi connectivity index (χ4n) is 2.37. The summed E-state index contributed by atoms with van der Waals surface area (Å²) in [5, 5.41) is 10.3. The van der Waals surface area contributed by atoms with Crippen LogP contribution in [0.3, 0.4) is 0 Å². The first-order valence-corrected chi connectivity index (χ1v) is 9.11. The van der Waals surface area contributed by atoms with E-state index in [2.05, 4.69) is 25.9 Å². The van der Waals surface area contributed by atoms with Crippen LogP contribution in [0.4, 0.5) is 0 Å². The van der Waals surface area contributed by atoms with Crippen molar-refractivity contribution in [3.05, 3.63) is 51.0 Å². The summed E-state index contributed by atoms with van der Waals surface area (Å²) in [4.78, 5) is 22.0. The van der Waals surface area contributed by atoms with Crippen molar-refractivity contribution in [2.45, 2.75) is 33.9 Å². The maximum atomic E-state index is 11.7. The van der Waals surface area contributed by atoms with Gasteiger partial charge in [0.1, 0.15) is 0 Å². The molecular formula is C18H26IN5OS. The van der Waals surface area contributed by atoms with Crippen LogP contribution in [0.1, 0.15) is 38.4 Å². The van der Waals surface area contributed by atoms with E-state index in [4.69, 9.17) is 0 Å².